The van der Waals surface area contributed by atoms with E-state index in [0.717, 1.165) is 50.4 Å². The summed E-state index contributed by atoms with van der Waals surface area (Å²) in [5, 5.41) is 3.15. The van der Waals surface area contributed by atoms with Crippen LogP contribution in [0.4, 0.5) is 4.79 Å². The van der Waals surface area contributed by atoms with Crippen molar-refractivity contribution in [2.24, 2.45) is 0 Å². The van der Waals surface area contributed by atoms with Gasteiger partial charge in [-0.1, -0.05) is 13.0 Å². The fourth-order valence-electron chi connectivity index (χ4n) is 3.09. The minimum atomic E-state index is 0.0150. The highest BCUT2D eigenvalue weighted by atomic mass is 16.2. The highest BCUT2D eigenvalue weighted by Crippen LogP contribution is 2.16. The molecule has 1 fully saturated rings. The van der Waals surface area contributed by atoms with E-state index in [1.54, 1.807) is 12.4 Å². The van der Waals surface area contributed by atoms with E-state index in [1.807, 2.05) is 41.4 Å². The molecule has 6 nitrogen and oxygen atoms in total. The van der Waals surface area contributed by atoms with Crippen LogP contribution in [-0.2, 0) is 6.54 Å². The number of nitrogens with zero attached hydrogens (tertiary/aromatic N) is 4. The summed E-state index contributed by atoms with van der Waals surface area (Å²) in [5.41, 5.74) is 2.17. The van der Waals surface area contributed by atoms with Gasteiger partial charge in [0, 0.05) is 51.3 Å². The number of urea groups is 1. The van der Waals surface area contributed by atoms with Crippen molar-refractivity contribution < 1.29 is 4.79 Å². The van der Waals surface area contributed by atoms with Crippen molar-refractivity contribution in [1.29, 1.82) is 0 Å². The average Bonchev–Trinajstić information content (AvgIpc) is 2.68. The van der Waals surface area contributed by atoms with Gasteiger partial charge in [0.05, 0.1) is 11.7 Å². The van der Waals surface area contributed by atoms with Crippen LogP contribution in [-0.4, -0.2) is 52.0 Å². The number of carbonyl (C=O) groups is 1. The van der Waals surface area contributed by atoms with E-state index >= 15 is 0 Å². The summed E-state index contributed by atoms with van der Waals surface area (Å²) in [6.07, 6.45) is 6.21. The number of hydrogen-bond donors (Lipinski definition) is 1. The Hall–Kier alpha value is -2.47. The number of nitrogens with one attached hydrogen (secondary N) is 1. The van der Waals surface area contributed by atoms with Gasteiger partial charge in [0.15, 0.2) is 0 Å². The lowest BCUT2D eigenvalue weighted by molar-refractivity contribution is 0.132. The Morgan fingerprint density at radius 3 is 2.52 bits per heavy atom. The molecule has 2 amide bonds. The summed E-state index contributed by atoms with van der Waals surface area (Å²) in [7, 11) is 0. The van der Waals surface area contributed by atoms with Gasteiger partial charge in [-0.25, -0.2) is 4.79 Å². The molecule has 0 aromatic carbocycles. The van der Waals surface area contributed by atoms with Crippen LogP contribution in [0.1, 0.15) is 30.6 Å². The summed E-state index contributed by atoms with van der Waals surface area (Å²) in [6, 6.07) is 9.94. The zero-order valence-electron chi connectivity index (χ0n) is 14.6. The molecule has 6 heteroatoms. The zero-order chi connectivity index (χ0) is 17.5. The molecule has 3 rings (SSSR count). The third kappa shape index (κ3) is 4.76. The maximum Gasteiger partial charge on any atom is 0.317 e. The summed E-state index contributed by atoms with van der Waals surface area (Å²) in [4.78, 5) is 25.2. The Kier molecular flexibility index (Phi) is 5.95. The molecule has 0 unspecified atom stereocenters. The van der Waals surface area contributed by atoms with E-state index in [-0.39, 0.29) is 12.1 Å². The number of hydrogen-bond acceptors (Lipinski definition) is 4. The number of pyridine rings is 2. The normalized spacial score (nSPS) is 16.4. The molecule has 0 bridgehead atoms. The van der Waals surface area contributed by atoms with Gasteiger partial charge in [-0.05, 0) is 36.2 Å². The first-order valence-electron chi connectivity index (χ1n) is 8.84. The molecule has 0 saturated carbocycles. The average molecular weight is 339 g/mol. The van der Waals surface area contributed by atoms with Crippen molar-refractivity contribution in [2.45, 2.75) is 25.9 Å². The number of aromatic nitrogens is 2. The molecule has 1 aliphatic rings. The van der Waals surface area contributed by atoms with Crippen LogP contribution in [0.5, 0.6) is 0 Å². The van der Waals surface area contributed by atoms with E-state index in [9.17, 15) is 4.79 Å². The Balaban J connectivity index is 1.49. The second-order valence-corrected chi connectivity index (χ2v) is 6.28. The number of rotatable bonds is 5. The number of carbonyl (C=O) groups excluding carboxylic acids is 1. The molecule has 0 radical (unpaired) electrons. The van der Waals surface area contributed by atoms with Crippen LogP contribution in [0.25, 0.3) is 0 Å². The van der Waals surface area contributed by atoms with Crippen LogP contribution in [0.15, 0.2) is 48.9 Å². The van der Waals surface area contributed by atoms with Crippen molar-refractivity contribution in [3.05, 3.63) is 60.2 Å². The molecular formula is C19H25N5O. The first kappa shape index (κ1) is 17.4. The predicted molar refractivity (Wildman–Crippen MR) is 96.9 cm³/mol. The lowest BCUT2D eigenvalue weighted by atomic mass is 10.1. The smallest absolute Gasteiger partial charge is 0.317 e. The van der Waals surface area contributed by atoms with Crippen LogP contribution in [0.3, 0.4) is 0 Å². The molecule has 1 saturated heterocycles. The van der Waals surface area contributed by atoms with E-state index < -0.39 is 0 Å². The lowest BCUT2D eigenvalue weighted by Crippen LogP contribution is -2.52. The van der Waals surface area contributed by atoms with Crippen molar-refractivity contribution >= 4 is 6.03 Å². The summed E-state index contributed by atoms with van der Waals surface area (Å²) < 4.78 is 0. The summed E-state index contributed by atoms with van der Waals surface area (Å²) in [5.74, 6) is 0. The summed E-state index contributed by atoms with van der Waals surface area (Å²) >= 11 is 0. The van der Waals surface area contributed by atoms with Gasteiger partial charge in [-0.15, -0.1) is 0 Å². The highest BCUT2D eigenvalue weighted by molar-refractivity contribution is 5.74. The second kappa shape index (κ2) is 8.58. The molecule has 0 aliphatic carbocycles. The van der Waals surface area contributed by atoms with Crippen molar-refractivity contribution in [2.75, 3.05) is 26.2 Å². The fourth-order valence-corrected chi connectivity index (χ4v) is 3.09. The van der Waals surface area contributed by atoms with Crippen LogP contribution >= 0.6 is 0 Å². The van der Waals surface area contributed by atoms with Crippen molar-refractivity contribution in [3.8, 4) is 0 Å². The van der Waals surface area contributed by atoms with Crippen molar-refractivity contribution in [1.82, 2.24) is 25.1 Å². The number of piperazine rings is 1. The van der Waals surface area contributed by atoms with Crippen LogP contribution in [0.2, 0.25) is 0 Å². The van der Waals surface area contributed by atoms with Gasteiger partial charge in [0.2, 0.25) is 0 Å². The molecule has 3 heterocycles. The monoisotopic (exact) mass is 339 g/mol. The fraction of sp³-hybridized carbons (Fsp3) is 0.421. The van der Waals surface area contributed by atoms with Crippen molar-refractivity contribution in [3.63, 3.8) is 0 Å². The number of amides is 2. The Labute approximate surface area is 148 Å². The maximum atomic E-state index is 12.6. The minimum absolute atomic E-state index is 0.0150. The van der Waals surface area contributed by atoms with Gasteiger partial charge in [-0.2, -0.15) is 0 Å². The molecule has 2 aromatic heterocycles. The van der Waals surface area contributed by atoms with E-state index in [1.165, 1.54) is 0 Å². The predicted octanol–water partition coefficient (Wildman–Crippen LogP) is 2.46. The largest absolute Gasteiger partial charge is 0.331 e. The second-order valence-electron chi connectivity index (χ2n) is 6.28. The lowest BCUT2D eigenvalue weighted by Gasteiger charge is -2.35. The van der Waals surface area contributed by atoms with Gasteiger partial charge in [0.1, 0.15) is 0 Å². The molecule has 2 aromatic rings. The summed E-state index contributed by atoms with van der Waals surface area (Å²) in [6.45, 7) is 6.14. The van der Waals surface area contributed by atoms with Gasteiger partial charge >= 0.3 is 6.03 Å². The van der Waals surface area contributed by atoms with Crippen LogP contribution in [0, 0.1) is 0 Å². The minimum Gasteiger partial charge on any atom is -0.331 e. The van der Waals surface area contributed by atoms with E-state index in [4.69, 9.17) is 0 Å². The first-order chi connectivity index (χ1) is 12.3. The van der Waals surface area contributed by atoms with E-state index in [2.05, 4.69) is 27.1 Å². The molecule has 1 aliphatic heterocycles. The highest BCUT2D eigenvalue weighted by Gasteiger charge is 2.23. The zero-order valence-corrected chi connectivity index (χ0v) is 14.6. The van der Waals surface area contributed by atoms with Gasteiger partial charge < -0.3 is 10.2 Å². The molecule has 132 valence electrons. The molecule has 1 atom stereocenters. The SMILES string of the molecule is CC[C@@H](NC(=O)N1CCN(Cc2ccccn2)CC1)c1ccncc1. The molecule has 25 heavy (non-hydrogen) atoms. The molecule has 0 spiro atoms. The van der Waals surface area contributed by atoms with Crippen LogP contribution < -0.4 is 5.32 Å². The standard InChI is InChI=1S/C19H25N5O/c1-2-18(16-6-9-20-10-7-16)22-19(25)24-13-11-23(12-14-24)15-17-5-3-4-8-21-17/h3-10,18H,2,11-15H2,1H3,(H,22,25)/t18-/m1/s1. The van der Waals surface area contributed by atoms with Gasteiger partial charge in [0.25, 0.3) is 0 Å². The Morgan fingerprint density at radius 1 is 1.12 bits per heavy atom. The third-order valence-electron chi connectivity index (χ3n) is 4.59. The third-order valence-corrected chi connectivity index (χ3v) is 4.59. The molecule has 1 N–H and O–H groups in total. The van der Waals surface area contributed by atoms with Gasteiger partial charge in [-0.3, -0.25) is 14.9 Å². The first-order valence-corrected chi connectivity index (χ1v) is 8.84. The maximum absolute atomic E-state index is 12.6. The Bertz CT molecular complexity index is 656. The van der Waals surface area contributed by atoms with E-state index in [0.29, 0.717) is 0 Å². The molecular weight excluding hydrogens is 314 g/mol. The quantitative estimate of drug-likeness (QED) is 0.909. The topological polar surface area (TPSA) is 61.4 Å². The Morgan fingerprint density at radius 2 is 1.88 bits per heavy atom.